The van der Waals surface area contributed by atoms with Crippen LogP contribution in [0.5, 0.6) is 0 Å². The zero-order chi connectivity index (χ0) is 12.7. The number of hydrogen-bond acceptors (Lipinski definition) is 1. The van der Waals surface area contributed by atoms with Crippen molar-refractivity contribution in [2.75, 3.05) is 0 Å². The third kappa shape index (κ3) is 5.99. The Kier molecular flexibility index (Phi) is 6.12. The molecule has 0 saturated heterocycles. The van der Waals surface area contributed by atoms with E-state index in [2.05, 4.69) is 26.3 Å². The molecule has 0 unspecified atom stereocenters. The molecule has 0 amide bonds. The summed E-state index contributed by atoms with van der Waals surface area (Å²) in [5.74, 6) is -0.230. The predicted molar refractivity (Wildman–Crippen MR) is 71.4 cm³/mol. The van der Waals surface area contributed by atoms with E-state index < -0.39 is 0 Å². The molecule has 0 aliphatic rings. The van der Waals surface area contributed by atoms with Crippen molar-refractivity contribution >= 4 is 17.4 Å². The number of allylic oxidation sites excluding steroid dienone is 8. The summed E-state index contributed by atoms with van der Waals surface area (Å²) in [7, 11) is 0. The highest BCUT2D eigenvalue weighted by molar-refractivity contribution is 6.31. The molecule has 0 spiro atoms. The second kappa shape index (κ2) is 6.81. The van der Waals surface area contributed by atoms with Crippen LogP contribution in [0, 0.1) is 0 Å². The van der Waals surface area contributed by atoms with Gasteiger partial charge in [0.25, 0.3) is 0 Å². The van der Waals surface area contributed by atoms with Gasteiger partial charge in [0.15, 0.2) is 5.78 Å². The molecule has 84 valence electrons. The second-order valence-corrected chi connectivity index (χ2v) is 3.82. The van der Waals surface area contributed by atoms with Crippen LogP contribution in [0.2, 0.25) is 0 Å². The van der Waals surface area contributed by atoms with E-state index in [-0.39, 0.29) is 5.78 Å². The summed E-state index contributed by atoms with van der Waals surface area (Å²) in [6.45, 7) is 16.3. The monoisotopic (exact) mass is 234 g/mol. The Morgan fingerprint density at radius 1 is 0.938 bits per heavy atom. The van der Waals surface area contributed by atoms with E-state index >= 15 is 0 Å². The number of carbonyl (C=O) groups is 1. The van der Waals surface area contributed by atoms with Gasteiger partial charge in [-0.2, -0.15) is 0 Å². The van der Waals surface area contributed by atoms with Gasteiger partial charge in [0, 0.05) is 16.2 Å². The topological polar surface area (TPSA) is 17.1 Å². The zero-order valence-electron chi connectivity index (χ0n) is 9.42. The Hall–Kier alpha value is -1.60. The largest absolute Gasteiger partial charge is 0.289 e. The molecular weight excluding hydrogens is 220 g/mol. The molecule has 0 bridgehead atoms. The minimum atomic E-state index is -0.230. The zero-order valence-corrected chi connectivity index (χ0v) is 10.2. The van der Waals surface area contributed by atoms with Crippen molar-refractivity contribution in [2.45, 2.75) is 6.92 Å². The lowest BCUT2D eigenvalue weighted by Crippen LogP contribution is -2.00. The molecule has 2 heteroatoms. The van der Waals surface area contributed by atoms with Crippen molar-refractivity contribution in [3.8, 4) is 0 Å². The van der Waals surface area contributed by atoms with Crippen molar-refractivity contribution < 1.29 is 4.79 Å². The molecule has 0 saturated carbocycles. The Morgan fingerprint density at radius 2 is 1.38 bits per heavy atom. The molecule has 1 nitrogen and oxygen atoms in total. The Balaban J connectivity index is 4.57. The first-order chi connectivity index (χ1) is 7.34. The maximum atomic E-state index is 11.7. The first-order valence-electron chi connectivity index (χ1n) is 4.63. The lowest BCUT2D eigenvalue weighted by molar-refractivity contribution is -0.111. The summed E-state index contributed by atoms with van der Waals surface area (Å²) in [6, 6.07) is 0. The van der Waals surface area contributed by atoms with Crippen molar-refractivity contribution in [3.63, 3.8) is 0 Å². The summed E-state index contributed by atoms with van der Waals surface area (Å²) in [5, 5.41) is 0.344. The molecule has 0 heterocycles. The minimum Gasteiger partial charge on any atom is -0.289 e. The van der Waals surface area contributed by atoms with Crippen LogP contribution in [0.3, 0.4) is 0 Å². The smallest absolute Gasteiger partial charge is 0.191 e. The summed E-state index contributed by atoms with van der Waals surface area (Å²) in [6.07, 6.45) is 6.35. The molecule has 0 atom stereocenters. The van der Waals surface area contributed by atoms with Crippen LogP contribution in [0.4, 0.5) is 0 Å². The average molecular weight is 235 g/mol. The summed E-state index contributed by atoms with van der Waals surface area (Å²) in [5.41, 5.74) is 1.53. The second-order valence-electron chi connectivity index (χ2n) is 3.34. The number of halogens is 1. The SMILES string of the molecule is C=C(C)/C=C\C(=C)C(=O)C(=C)/C=C\C(=C)Cl. The van der Waals surface area contributed by atoms with E-state index in [1.807, 2.05) is 6.92 Å². The molecular formula is C14H15ClO. The number of ketones is 1. The third-order valence-electron chi connectivity index (χ3n) is 1.62. The lowest BCUT2D eigenvalue weighted by atomic mass is 10.0. The van der Waals surface area contributed by atoms with Gasteiger partial charge in [0.2, 0.25) is 0 Å². The lowest BCUT2D eigenvalue weighted by Gasteiger charge is -1.99. The van der Waals surface area contributed by atoms with Gasteiger partial charge in [-0.25, -0.2) is 0 Å². The van der Waals surface area contributed by atoms with Crippen LogP contribution < -0.4 is 0 Å². The van der Waals surface area contributed by atoms with Gasteiger partial charge in [-0.15, -0.1) is 0 Å². The maximum Gasteiger partial charge on any atom is 0.191 e. The fourth-order valence-corrected chi connectivity index (χ4v) is 0.854. The predicted octanol–water partition coefficient (Wildman–Crippen LogP) is 4.11. The van der Waals surface area contributed by atoms with Crippen LogP contribution in [0.1, 0.15) is 6.92 Å². The van der Waals surface area contributed by atoms with Gasteiger partial charge < -0.3 is 0 Å². The molecule has 0 fully saturated rings. The quantitative estimate of drug-likeness (QED) is 0.499. The highest BCUT2D eigenvalue weighted by Gasteiger charge is 2.05. The number of carbonyl (C=O) groups excluding carboxylic acids is 1. The number of hydrogen-bond donors (Lipinski definition) is 0. The summed E-state index contributed by atoms with van der Waals surface area (Å²) in [4.78, 5) is 11.7. The van der Waals surface area contributed by atoms with Crippen LogP contribution in [0.25, 0.3) is 0 Å². The van der Waals surface area contributed by atoms with Gasteiger partial charge in [-0.05, 0) is 13.0 Å². The Bertz CT molecular complexity index is 370. The number of rotatable bonds is 6. The normalized spacial score (nSPS) is 10.6. The van der Waals surface area contributed by atoms with E-state index in [0.717, 1.165) is 5.57 Å². The molecule has 0 aromatic carbocycles. The highest BCUT2D eigenvalue weighted by atomic mass is 35.5. The average Bonchev–Trinajstić information content (AvgIpc) is 2.21. The standard InChI is InChI=1S/C14H15ClO/c1-10(2)6-7-11(3)14(16)12(4)8-9-13(5)15/h6-9H,1,3-5H2,2H3/b7-6-,9-8-. The molecule has 0 N–H and O–H groups in total. The van der Waals surface area contributed by atoms with E-state index in [0.29, 0.717) is 16.2 Å². The van der Waals surface area contributed by atoms with Crippen LogP contribution in [0.15, 0.2) is 72.4 Å². The molecule has 0 aliphatic carbocycles. The third-order valence-corrected chi connectivity index (χ3v) is 1.74. The number of Topliss-reactive ketones (excluding diaryl/α,β-unsaturated/α-hetero) is 1. The maximum absolute atomic E-state index is 11.7. The molecule has 0 radical (unpaired) electrons. The van der Waals surface area contributed by atoms with Gasteiger partial charge >= 0.3 is 0 Å². The molecule has 0 rings (SSSR count). The van der Waals surface area contributed by atoms with E-state index in [1.165, 1.54) is 12.2 Å². The Labute approximate surface area is 102 Å². The molecule has 0 aromatic rings. The van der Waals surface area contributed by atoms with Gasteiger partial charge in [0.05, 0.1) is 0 Å². The van der Waals surface area contributed by atoms with Crippen molar-refractivity contribution in [1.82, 2.24) is 0 Å². The summed E-state index contributed by atoms with van der Waals surface area (Å²) >= 11 is 5.53. The van der Waals surface area contributed by atoms with Gasteiger partial charge in [-0.3, -0.25) is 4.79 Å². The fraction of sp³-hybridized carbons (Fsp3) is 0.0714. The molecule has 0 aliphatic heterocycles. The first kappa shape index (κ1) is 14.4. The summed E-state index contributed by atoms with van der Waals surface area (Å²) < 4.78 is 0. The van der Waals surface area contributed by atoms with Gasteiger partial charge in [0.1, 0.15) is 0 Å². The van der Waals surface area contributed by atoms with Crippen molar-refractivity contribution in [2.24, 2.45) is 0 Å². The van der Waals surface area contributed by atoms with Crippen molar-refractivity contribution in [3.05, 3.63) is 72.4 Å². The van der Waals surface area contributed by atoms with Crippen molar-refractivity contribution in [1.29, 1.82) is 0 Å². The van der Waals surface area contributed by atoms with Crippen LogP contribution >= 0.6 is 11.6 Å². The minimum absolute atomic E-state index is 0.230. The highest BCUT2D eigenvalue weighted by Crippen LogP contribution is 2.09. The van der Waals surface area contributed by atoms with Crippen LogP contribution in [-0.2, 0) is 4.79 Å². The van der Waals surface area contributed by atoms with E-state index in [1.54, 1.807) is 12.2 Å². The van der Waals surface area contributed by atoms with Gasteiger partial charge in [-0.1, -0.05) is 61.7 Å². The van der Waals surface area contributed by atoms with E-state index in [9.17, 15) is 4.79 Å². The fourth-order valence-electron chi connectivity index (χ4n) is 0.791. The van der Waals surface area contributed by atoms with E-state index in [4.69, 9.17) is 11.6 Å². The van der Waals surface area contributed by atoms with Crippen LogP contribution in [-0.4, -0.2) is 5.78 Å². The molecule has 0 aromatic heterocycles. The first-order valence-corrected chi connectivity index (χ1v) is 5.01. The Morgan fingerprint density at radius 3 is 1.75 bits per heavy atom. The molecule has 16 heavy (non-hydrogen) atoms.